The molecule has 146 valence electrons. The van der Waals surface area contributed by atoms with Gasteiger partial charge in [-0.25, -0.2) is 0 Å². The summed E-state index contributed by atoms with van der Waals surface area (Å²) in [5.74, 6) is 0.547. The first-order valence-corrected chi connectivity index (χ1v) is 9.39. The highest BCUT2D eigenvalue weighted by Crippen LogP contribution is 2.61. The van der Waals surface area contributed by atoms with Crippen molar-refractivity contribution in [2.24, 2.45) is 11.7 Å². The molecule has 2 aliphatic rings. The Labute approximate surface area is 164 Å². The zero-order chi connectivity index (χ0) is 19.9. The third-order valence-electron chi connectivity index (χ3n) is 6.14. The average Bonchev–Trinajstić information content (AvgIpc) is 3.43. The van der Waals surface area contributed by atoms with Gasteiger partial charge in [-0.1, -0.05) is 30.3 Å². The fraction of sp³-hybridized carbons (Fsp3) is 0.364. The highest BCUT2D eigenvalue weighted by molar-refractivity contribution is 5.93. The van der Waals surface area contributed by atoms with Crippen LogP contribution in [-0.2, 0) is 20.5 Å². The lowest BCUT2D eigenvalue weighted by Crippen LogP contribution is -2.53. The van der Waals surface area contributed by atoms with Crippen molar-refractivity contribution in [1.82, 2.24) is 5.32 Å². The molecule has 0 saturated heterocycles. The van der Waals surface area contributed by atoms with Crippen LogP contribution in [0.4, 0.5) is 0 Å². The molecule has 0 aromatic heterocycles. The highest BCUT2D eigenvalue weighted by atomic mass is 16.5. The molecule has 1 fully saturated rings. The normalized spacial score (nSPS) is 24.4. The van der Waals surface area contributed by atoms with Crippen LogP contribution >= 0.6 is 0 Å². The quantitative estimate of drug-likeness (QED) is 0.832. The lowest BCUT2D eigenvalue weighted by Gasteiger charge is -2.30. The van der Waals surface area contributed by atoms with Crippen LogP contribution in [0, 0.1) is 5.92 Å². The molecule has 2 aromatic rings. The minimum atomic E-state index is -1.26. The standard InChI is InChI=1S/C22H24N2O4/c1-21(20(23)26,14-6-4-3-5-7-14)24-19(25)17-13-22(17)10-11-28-18-9-8-15(27-2)12-16(18)22/h3-9,12,17H,10-11,13H2,1-2H3,(H2,23,26)(H,24,25)/t17-,21+,22-/m1/s1. The number of amides is 2. The Morgan fingerprint density at radius 2 is 2.00 bits per heavy atom. The number of nitrogens with two attached hydrogens (primary N) is 1. The number of benzene rings is 2. The van der Waals surface area contributed by atoms with Gasteiger partial charge in [0.05, 0.1) is 13.7 Å². The second-order valence-corrected chi connectivity index (χ2v) is 7.72. The maximum atomic E-state index is 13.1. The molecule has 2 amide bonds. The van der Waals surface area contributed by atoms with Crippen LogP contribution in [0.2, 0.25) is 0 Å². The van der Waals surface area contributed by atoms with Crippen molar-refractivity contribution >= 4 is 11.8 Å². The number of methoxy groups -OCH3 is 1. The molecule has 1 heterocycles. The Kier molecular flexibility index (Phi) is 4.29. The van der Waals surface area contributed by atoms with Crippen molar-refractivity contribution < 1.29 is 19.1 Å². The van der Waals surface area contributed by atoms with Crippen molar-refractivity contribution in [3.63, 3.8) is 0 Å². The summed E-state index contributed by atoms with van der Waals surface area (Å²) in [6.45, 7) is 2.22. The van der Waals surface area contributed by atoms with Crippen LogP contribution in [-0.4, -0.2) is 25.5 Å². The molecule has 1 aliphatic carbocycles. The fourth-order valence-corrected chi connectivity index (χ4v) is 4.23. The first-order chi connectivity index (χ1) is 13.4. The summed E-state index contributed by atoms with van der Waals surface area (Å²) in [6.07, 6.45) is 1.47. The summed E-state index contributed by atoms with van der Waals surface area (Å²) >= 11 is 0. The molecule has 1 spiro atoms. The Morgan fingerprint density at radius 1 is 1.25 bits per heavy atom. The lowest BCUT2D eigenvalue weighted by molar-refractivity contribution is -0.132. The van der Waals surface area contributed by atoms with E-state index in [0.717, 1.165) is 23.5 Å². The van der Waals surface area contributed by atoms with E-state index in [1.165, 1.54) is 0 Å². The second kappa shape index (κ2) is 6.55. The summed E-state index contributed by atoms with van der Waals surface area (Å²) in [5, 5.41) is 2.92. The molecule has 3 atom stereocenters. The van der Waals surface area contributed by atoms with Crippen LogP contribution < -0.4 is 20.5 Å². The summed E-state index contributed by atoms with van der Waals surface area (Å²) in [5.41, 5.74) is 5.80. The van der Waals surface area contributed by atoms with Gasteiger partial charge in [0.1, 0.15) is 17.0 Å². The molecule has 0 bridgehead atoms. The molecule has 2 aromatic carbocycles. The number of hydrogen-bond donors (Lipinski definition) is 2. The molecule has 1 saturated carbocycles. The average molecular weight is 380 g/mol. The minimum absolute atomic E-state index is 0.166. The van der Waals surface area contributed by atoms with Gasteiger partial charge in [0.25, 0.3) is 0 Å². The zero-order valence-electron chi connectivity index (χ0n) is 16.0. The third-order valence-corrected chi connectivity index (χ3v) is 6.14. The predicted molar refractivity (Wildman–Crippen MR) is 104 cm³/mol. The first kappa shape index (κ1) is 18.3. The summed E-state index contributed by atoms with van der Waals surface area (Å²) < 4.78 is 11.1. The summed E-state index contributed by atoms with van der Waals surface area (Å²) in [4.78, 5) is 25.4. The molecule has 4 rings (SSSR count). The van der Waals surface area contributed by atoms with E-state index < -0.39 is 11.4 Å². The van der Waals surface area contributed by atoms with Gasteiger partial charge in [-0.15, -0.1) is 0 Å². The molecule has 1 aliphatic heterocycles. The zero-order valence-corrected chi connectivity index (χ0v) is 16.0. The van der Waals surface area contributed by atoms with Crippen molar-refractivity contribution in [2.45, 2.75) is 30.7 Å². The van der Waals surface area contributed by atoms with E-state index in [1.54, 1.807) is 26.2 Å². The van der Waals surface area contributed by atoms with Crippen molar-refractivity contribution in [3.05, 3.63) is 59.7 Å². The van der Waals surface area contributed by atoms with Crippen LogP contribution in [0.15, 0.2) is 48.5 Å². The van der Waals surface area contributed by atoms with Crippen LogP contribution in [0.5, 0.6) is 11.5 Å². The van der Waals surface area contributed by atoms with Gasteiger partial charge in [0.15, 0.2) is 0 Å². The van der Waals surface area contributed by atoms with Gasteiger partial charge in [0, 0.05) is 16.9 Å². The molecule has 0 unspecified atom stereocenters. The SMILES string of the molecule is COc1ccc2c(c1)[C@@]1(CCO2)C[C@@H]1C(=O)N[C@](C)(C(N)=O)c1ccccc1. The van der Waals surface area contributed by atoms with Crippen molar-refractivity contribution in [3.8, 4) is 11.5 Å². The maximum Gasteiger partial charge on any atom is 0.247 e. The minimum Gasteiger partial charge on any atom is -0.497 e. The van der Waals surface area contributed by atoms with E-state index in [9.17, 15) is 9.59 Å². The number of carbonyl (C=O) groups excluding carboxylic acids is 2. The van der Waals surface area contributed by atoms with Crippen molar-refractivity contribution in [1.29, 1.82) is 0 Å². The Balaban J connectivity index is 1.61. The summed E-state index contributed by atoms with van der Waals surface area (Å²) in [7, 11) is 1.62. The number of nitrogens with one attached hydrogen (secondary N) is 1. The number of carbonyl (C=O) groups is 2. The molecule has 3 N–H and O–H groups in total. The Morgan fingerprint density at radius 3 is 2.68 bits per heavy atom. The monoisotopic (exact) mass is 380 g/mol. The van der Waals surface area contributed by atoms with Gasteiger partial charge in [0.2, 0.25) is 11.8 Å². The second-order valence-electron chi connectivity index (χ2n) is 7.72. The predicted octanol–water partition coefficient (Wildman–Crippen LogP) is 2.25. The van der Waals surface area contributed by atoms with Crippen molar-refractivity contribution in [2.75, 3.05) is 13.7 Å². The highest BCUT2D eigenvalue weighted by Gasteiger charge is 2.62. The van der Waals surface area contributed by atoms with E-state index >= 15 is 0 Å². The van der Waals surface area contributed by atoms with Gasteiger partial charge < -0.3 is 20.5 Å². The van der Waals surface area contributed by atoms with E-state index in [4.69, 9.17) is 15.2 Å². The largest absolute Gasteiger partial charge is 0.497 e. The number of fused-ring (bicyclic) bond motifs is 2. The van der Waals surface area contributed by atoms with E-state index in [-0.39, 0.29) is 17.2 Å². The lowest BCUT2D eigenvalue weighted by atomic mass is 9.86. The fourth-order valence-electron chi connectivity index (χ4n) is 4.23. The Hall–Kier alpha value is -3.02. The number of primary amides is 1. The molecular weight excluding hydrogens is 356 g/mol. The van der Waals surface area contributed by atoms with Gasteiger partial charge >= 0.3 is 0 Å². The van der Waals surface area contributed by atoms with E-state index in [2.05, 4.69) is 5.32 Å². The Bertz CT molecular complexity index is 929. The number of ether oxygens (including phenoxy) is 2. The summed E-state index contributed by atoms with van der Waals surface area (Å²) in [6, 6.07) is 14.8. The topological polar surface area (TPSA) is 90.7 Å². The molecular formula is C22H24N2O4. The van der Waals surface area contributed by atoms with Crippen LogP contribution in [0.1, 0.15) is 30.9 Å². The van der Waals surface area contributed by atoms with E-state index in [1.807, 2.05) is 36.4 Å². The molecule has 0 radical (unpaired) electrons. The van der Waals surface area contributed by atoms with Gasteiger partial charge in [-0.2, -0.15) is 0 Å². The maximum absolute atomic E-state index is 13.1. The molecule has 6 heteroatoms. The van der Waals surface area contributed by atoms with Gasteiger partial charge in [-0.3, -0.25) is 9.59 Å². The molecule has 6 nitrogen and oxygen atoms in total. The van der Waals surface area contributed by atoms with Gasteiger partial charge in [-0.05, 0) is 43.5 Å². The van der Waals surface area contributed by atoms with Crippen LogP contribution in [0.3, 0.4) is 0 Å². The van der Waals surface area contributed by atoms with E-state index in [0.29, 0.717) is 18.6 Å². The van der Waals surface area contributed by atoms with Crippen LogP contribution in [0.25, 0.3) is 0 Å². The number of rotatable bonds is 5. The smallest absolute Gasteiger partial charge is 0.247 e. The molecule has 28 heavy (non-hydrogen) atoms. The first-order valence-electron chi connectivity index (χ1n) is 9.39. The number of hydrogen-bond acceptors (Lipinski definition) is 4. The third kappa shape index (κ3) is 2.80.